The molecule has 3 heterocycles. The normalized spacial score (nSPS) is 12.4. The lowest BCUT2D eigenvalue weighted by atomic mass is 10.1. The van der Waals surface area contributed by atoms with E-state index in [4.69, 9.17) is 14.2 Å². The highest BCUT2D eigenvalue weighted by Gasteiger charge is 2.36. The van der Waals surface area contributed by atoms with E-state index in [-0.39, 0.29) is 11.6 Å². The number of aliphatic hydroxyl groups is 1. The molecule has 0 aliphatic rings. The Balaban J connectivity index is 1.95. The number of ether oxygens (including phenoxy) is 3. The minimum atomic E-state index is -1.10. The van der Waals surface area contributed by atoms with Crippen LogP contribution in [0.1, 0.15) is 63.7 Å². The van der Waals surface area contributed by atoms with Gasteiger partial charge in [-0.3, -0.25) is 0 Å². The van der Waals surface area contributed by atoms with Crippen LogP contribution in [0.2, 0.25) is 0 Å². The number of carbonyl (C=O) groups is 2. The van der Waals surface area contributed by atoms with Crippen LogP contribution in [-0.4, -0.2) is 50.6 Å². The molecule has 1 aromatic carbocycles. The summed E-state index contributed by atoms with van der Waals surface area (Å²) in [5.41, 5.74) is -0.520. The molecule has 218 valence electrons. The molecule has 0 aliphatic heterocycles. The van der Waals surface area contributed by atoms with Crippen molar-refractivity contribution in [3.05, 3.63) is 64.7 Å². The molecule has 2 amide bonds. The molecule has 11 nitrogen and oxygen atoms in total. The van der Waals surface area contributed by atoms with E-state index in [1.54, 1.807) is 84.0 Å². The number of methoxy groups -OCH3 is 1. The molecule has 42 heavy (non-hydrogen) atoms. The molecule has 4 rings (SSSR count). The first-order chi connectivity index (χ1) is 19.7. The van der Waals surface area contributed by atoms with Crippen LogP contribution in [0.15, 0.2) is 48.7 Å². The highest BCUT2D eigenvalue weighted by Crippen LogP contribution is 2.38. The smallest absolute Gasteiger partial charge is 0.425 e. The zero-order valence-corrected chi connectivity index (χ0v) is 25.1. The van der Waals surface area contributed by atoms with Crippen molar-refractivity contribution in [2.75, 3.05) is 12.0 Å². The molecular weight excluding hydrogens is 558 g/mol. The van der Waals surface area contributed by atoms with Crippen molar-refractivity contribution in [2.24, 2.45) is 0 Å². The molecule has 1 unspecified atom stereocenters. The van der Waals surface area contributed by atoms with Gasteiger partial charge in [0.2, 0.25) is 5.88 Å². The number of thiophene rings is 1. The summed E-state index contributed by atoms with van der Waals surface area (Å²) in [6, 6.07) is 13.6. The minimum absolute atomic E-state index is 0.0941. The molecule has 0 bridgehead atoms. The van der Waals surface area contributed by atoms with Crippen molar-refractivity contribution < 1.29 is 28.9 Å². The van der Waals surface area contributed by atoms with Crippen molar-refractivity contribution in [1.82, 2.24) is 15.0 Å². The van der Waals surface area contributed by atoms with Crippen molar-refractivity contribution in [2.45, 2.75) is 58.8 Å². The largest absolute Gasteiger partial charge is 0.481 e. The average Bonchev–Trinajstić information content (AvgIpc) is 3.35. The molecule has 0 saturated carbocycles. The van der Waals surface area contributed by atoms with E-state index in [0.29, 0.717) is 37.7 Å². The number of benzene rings is 1. The van der Waals surface area contributed by atoms with E-state index in [1.807, 2.05) is 0 Å². The second-order valence-electron chi connectivity index (χ2n) is 11.3. The van der Waals surface area contributed by atoms with Crippen LogP contribution >= 0.6 is 11.3 Å². The first kappa shape index (κ1) is 30.4. The summed E-state index contributed by atoms with van der Waals surface area (Å²) in [5, 5.41) is 21.0. The van der Waals surface area contributed by atoms with Crippen molar-refractivity contribution in [3.63, 3.8) is 0 Å². The lowest BCUT2D eigenvalue weighted by Gasteiger charge is -2.28. The van der Waals surface area contributed by atoms with Gasteiger partial charge in [-0.1, -0.05) is 12.1 Å². The van der Waals surface area contributed by atoms with Crippen LogP contribution < -0.4 is 9.64 Å². The maximum atomic E-state index is 13.5. The zero-order valence-electron chi connectivity index (χ0n) is 24.3. The summed E-state index contributed by atoms with van der Waals surface area (Å²) in [6.07, 6.45) is -1.60. The Kier molecular flexibility index (Phi) is 8.47. The van der Waals surface area contributed by atoms with Crippen molar-refractivity contribution in [3.8, 4) is 23.3 Å². The Morgan fingerprint density at radius 2 is 1.67 bits per heavy atom. The highest BCUT2D eigenvalue weighted by molar-refractivity contribution is 7.18. The summed E-state index contributed by atoms with van der Waals surface area (Å²) in [4.78, 5) is 42.1. The maximum absolute atomic E-state index is 13.5. The van der Waals surface area contributed by atoms with Gasteiger partial charge < -0.3 is 19.3 Å². The Labute approximate surface area is 247 Å². The number of rotatable bonds is 5. The first-order valence-corrected chi connectivity index (χ1v) is 13.8. The molecule has 0 radical (unpaired) electrons. The number of hydrogen-bond donors (Lipinski definition) is 1. The van der Waals surface area contributed by atoms with Gasteiger partial charge in [0.05, 0.1) is 24.1 Å². The third kappa shape index (κ3) is 6.99. The van der Waals surface area contributed by atoms with Gasteiger partial charge in [-0.15, -0.1) is 11.3 Å². The van der Waals surface area contributed by atoms with E-state index in [2.05, 4.69) is 21.0 Å². The number of nitrogens with zero attached hydrogens (tertiary/aromatic N) is 5. The lowest BCUT2D eigenvalue weighted by Crippen LogP contribution is -2.44. The first-order valence-electron chi connectivity index (χ1n) is 12.9. The third-order valence-electron chi connectivity index (χ3n) is 5.56. The zero-order chi connectivity index (χ0) is 30.8. The summed E-state index contributed by atoms with van der Waals surface area (Å²) >= 11 is 1.15. The van der Waals surface area contributed by atoms with E-state index in [9.17, 15) is 20.0 Å². The van der Waals surface area contributed by atoms with Crippen LogP contribution in [0.4, 0.5) is 15.4 Å². The molecule has 12 heteroatoms. The molecular formula is C30H31N5O6S. The van der Waals surface area contributed by atoms with Crippen LogP contribution in [0, 0.1) is 11.3 Å². The summed E-state index contributed by atoms with van der Waals surface area (Å²) in [6.45, 7) is 10.1. The minimum Gasteiger partial charge on any atom is -0.481 e. The van der Waals surface area contributed by atoms with Crippen LogP contribution in [-0.2, 0) is 9.47 Å². The predicted molar refractivity (Wildman–Crippen MR) is 157 cm³/mol. The van der Waals surface area contributed by atoms with Gasteiger partial charge in [0, 0.05) is 28.3 Å². The third-order valence-corrected chi connectivity index (χ3v) is 6.64. The second-order valence-corrected chi connectivity index (χ2v) is 12.3. The summed E-state index contributed by atoms with van der Waals surface area (Å²) in [7, 11) is 1.50. The standard InChI is InChI=1S/C30H31N5O6S/c1-29(2,3)40-27(37)35(28(38)41-30(4,5)6)25-20-14-21(23(36)19-11-12-22(39-7)32-16-19)42-26(20)34-24(33-25)18-10-8-9-17(13-18)15-31/h8-14,16,23,36H,1-7H3. The SMILES string of the molecule is COc1ccc(C(O)c2cc3c(N(C(=O)OC(C)(C)C)C(=O)OC(C)(C)C)nc(-c4cccc(C#N)c4)nc3s2)cn1. The molecule has 0 fully saturated rings. The van der Waals surface area contributed by atoms with Crippen molar-refractivity contribution >= 4 is 39.6 Å². The highest BCUT2D eigenvalue weighted by atomic mass is 32.1. The second kappa shape index (κ2) is 11.7. The monoisotopic (exact) mass is 589 g/mol. The molecule has 0 saturated heterocycles. The molecule has 1 atom stereocenters. The van der Waals surface area contributed by atoms with E-state index >= 15 is 0 Å². The topological polar surface area (TPSA) is 148 Å². The van der Waals surface area contributed by atoms with Gasteiger partial charge in [0.1, 0.15) is 22.1 Å². The quantitative estimate of drug-likeness (QED) is 0.277. The van der Waals surface area contributed by atoms with E-state index in [1.165, 1.54) is 13.3 Å². The van der Waals surface area contributed by atoms with Crippen LogP contribution in [0.5, 0.6) is 5.88 Å². The number of hydrogen-bond acceptors (Lipinski definition) is 11. The van der Waals surface area contributed by atoms with Gasteiger partial charge >= 0.3 is 12.2 Å². The maximum Gasteiger partial charge on any atom is 0.425 e. The number of imide groups is 1. The number of aromatic nitrogens is 3. The number of anilines is 1. The Bertz CT molecular complexity index is 1640. The molecule has 3 aromatic heterocycles. The van der Waals surface area contributed by atoms with Gasteiger partial charge in [0.25, 0.3) is 0 Å². The van der Waals surface area contributed by atoms with E-state index in [0.717, 1.165) is 16.2 Å². The van der Waals surface area contributed by atoms with Gasteiger partial charge in [-0.05, 0) is 65.8 Å². The van der Waals surface area contributed by atoms with Crippen LogP contribution in [0.3, 0.4) is 0 Å². The fourth-order valence-corrected chi connectivity index (χ4v) is 4.83. The predicted octanol–water partition coefficient (Wildman–Crippen LogP) is 6.39. The van der Waals surface area contributed by atoms with Crippen molar-refractivity contribution in [1.29, 1.82) is 5.26 Å². The van der Waals surface area contributed by atoms with E-state index < -0.39 is 29.5 Å². The molecule has 0 spiro atoms. The fraction of sp³-hybridized carbons (Fsp3) is 0.333. The summed E-state index contributed by atoms with van der Waals surface area (Å²) in [5.74, 6) is 0.453. The Hall–Kier alpha value is -4.60. The number of pyridine rings is 1. The Morgan fingerprint density at radius 1 is 1.00 bits per heavy atom. The van der Waals surface area contributed by atoms with Gasteiger partial charge in [-0.2, -0.15) is 10.2 Å². The lowest BCUT2D eigenvalue weighted by molar-refractivity contribution is 0.0429. The molecule has 4 aromatic rings. The Morgan fingerprint density at radius 3 is 2.21 bits per heavy atom. The number of nitriles is 1. The van der Waals surface area contributed by atoms with Gasteiger partial charge in [-0.25, -0.2) is 24.5 Å². The number of aliphatic hydroxyl groups excluding tert-OH is 1. The number of fused-ring (bicyclic) bond motifs is 1. The molecule has 0 aliphatic carbocycles. The number of carbonyl (C=O) groups excluding carboxylic acids is 2. The fourth-order valence-electron chi connectivity index (χ4n) is 3.79. The van der Waals surface area contributed by atoms with Crippen LogP contribution in [0.25, 0.3) is 21.6 Å². The van der Waals surface area contributed by atoms with Gasteiger partial charge in [0.15, 0.2) is 11.6 Å². The number of amides is 2. The average molecular weight is 590 g/mol. The summed E-state index contributed by atoms with van der Waals surface area (Å²) < 4.78 is 16.3. The molecule has 1 N–H and O–H groups in total.